The molecular weight excluding hydrogens is 413 g/mol. The summed E-state index contributed by atoms with van der Waals surface area (Å²) in [5, 5.41) is 2.88. The van der Waals surface area contributed by atoms with Gasteiger partial charge in [0.2, 0.25) is 11.5 Å². The molecule has 0 aliphatic rings. The van der Waals surface area contributed by atoms with Gasteiger partial charge in [0.25, 0.3) is 5.91 Å². The number of rotatable bonds is 3. The van der Waals surface area contributed by atoms with Crippen LogP contribution in [0, 0.1) is 0 Å². The van der Waals surface area contributed by atoms with Crippen LogP contribution < -0.4 is 16.7 Å². The molecule has 0 bridgehead atoms. The van der Waals surface area contributed by atoms with E-state index in [1.54, 1.807) is 24.3 Å². The monoisotopic (exact) mass is 423 g/mol. The number of nitrogens with zero attached hydrogens (tertiary/aromatic N) is 1. The molecule has 2 aromatic rings. The van der Waals surface area contributed by atoms with Gasteiger partial charge in [-0.1, -0.05) is 12.1 Å². The number of nitrogens with one attached hydrogen (secondary N) is 2. The molecule has 4 N–H and O–H groups in total. The third kappa shape index (κ3) is 5.62. The molecule has 1 atom stereocenters. The molecule has 2 rings (SSSR count). The van der Waals surface area contributed by atoms with Crippen LogP contribution in [-0.2, 0) is 32.7 Å². The Kier molecular flexibility index (Phi) is 9.38. The van der Waals surface area contributed by atoms with E-state index in [9.17, 15) is 4.79 Å². The first-order valence-electron chi connectivity index (χ1n) is 4.71. The van der Waals surface area contributed by atoms with Crippen molar-refractivity contribution in [1.82, 2.24) is 4.98 Å². The van der Waals surface area contributed by atoms with Crippen molar-refractivity contribution in [2.24, 2.45) is 5.73 Å². The maximum atomic E-state index is 11.1. The van der Waals surface area contributed by atoms with E-state index >= 15 is 0 Å². The summed E-state index contributed by atoms with van der Waals surface area (Å²) in [5.41, 5.74) is 13.9. The Labute approximate surface area is 186 Å². The summed E-state index contributed by atoms with van der Waals surface area (Å²) in [6, 6.07) is 6.62. The largest absolute Gasteiger partial charge is 0.699 e. The molecule has 1 amide bonds. The first kappa shape index (κ1) is 19.8. The number of nitrogens with two attached hydrogens (primary N) is 1. The number of amides is 1. The second-order valence-electron chi connectivity index (χ2n) is 3.30. The van der Waals surface area contributed by atoms with Gasteiger partial charge in [-0.05, 0) is 21.4 Å². The average Bonchev–Trinajstić information content (AvgIpc) is 2.63. The third-order valence-corrected chi connectivity index (χ3v) is 2.27. The van der Waals surface area contributed by atoms with Crippen molar-refractivity contribution in [2.45, 2.75) is 0 Å². The van der Waals surface area contributed by atoms with Crippen LogP contribution in [0.1, 0.15) is 10.5 Å². The van der Waals surface area contributed by atoms with Crippen molar-refractivity contribution in [3.05, 3.63) is 35.7 Å². The zero-order valence-electron chi connectivity index (χ0n) is 10.3. The minimum Gasteiger partial charge on any atom is -0.699 e. The van der Waals surface area contributed by atoms with Crippen LogP contribution in [0.2, 0.25) is 0 Å². The summed E-state index contributed by atoms with van der Waals surface area (Å²) in [7, 11) is 2.25. The van der Waals surface area contributed by atoms with E-state index in [1.807, 2.05) is 0 Å². The molecule has 19 heavy (non-hydrogen) atoms. The number of primary amides is 1. The van der Waals surface area contributed by atoms with Crippen molar-refractivity contribution in [2.75, 3.05) is 5.32 Å². The van der Waals surface area contributed by atoms with Crippen molar-refractivity contribution in [1.29, 1.82) is 0 Å². The van der Waals surface area contributed by atoms with E-state index in [4.69, 9.17) is 15.9 Å². The number of hydrogen-bond acceptors (Lipinski definition) is 4. The molecule has 0 aliphatic carbocycles. The van der Waals surface area contributed by atoms with Crippen LogP contribution in [0.4, 0.5) is 17.3 Å². The third-order valence-electron chi connectivity index (χ3n) is 2.02. The summed E-state index contributed by atoms with van der Waals surface area (Å²) in [6.07, 6.45) is 0. The number of carbonyl (C=O) groups excluding carboxylic acids is 1. The Balaban J connectivity index is 0.00000162. The summed E-state index contributed by atoms with van der Waals surface area (Å²) in [5.74, 6) is -0.470. The molecule has 9 heteroatoms. The van der Waals surface area contributed by atoms with E-state index in [1.165, 1.54) is 0 Å². The number of carbonyl (C=O) groups is 1. The Morgan fingerprint density at radius 2 is 1.95 bits per heavy atom. The topological polar surface area (TPSA) is 105 Å². The molecule has 0 saturated carbocycles. The van der Waals surface area contributed by atoms with Gasteiger partial charge in [0.05, 0.1) is 0 Å². The Bertz CT molecular complexity index is 561. The molecule has 1 unspecified atom stereocenters. The zero-order valence-corrected chi connectivity index (χ0v) is 19.2. The molecule has 0 fully saturated rings. The first-order chi connectivity index (χ1) is 8.06. The summed E-state index contributed by atoms with van der Waals surface area (Å²) in [6.45, 7) is 0. The molecule has 92 valence electrons. The molecule has 0 spiro atoms. The fourth-order valence-electron chi connectivity index (χ4n) is 1.27. The van der Waals surface area contributed by atoms with Crippen molar-refractivity contribution < 1.29 is 41.9 Å². The molecule has 1 heterocycles. The quantitative estimate of drug-likeness (QED) is 0.727. The van der Waals surface area contributed by atoms with Gasteiger partial charge in [0.1, 0.15) is 0 Å². The van der Waals surface area contributed by atoms with Crippen molar-refractivity contribution in [3.63, 3.8) is 0 Å². The van der Waals surface area contributed by atoms with Gasteiger partial charge < -0.3 is 21.2 Å². The van der Waals surface area contributed by atoms with Crippen LogP contribution in [-0.4, -0.2) is 69.1 Å². The maximum Gasteiger partial charge on any atom is 0.273 e. The second-order valence-corrected chi connectivity index (χ2v) is 3.79. The number of hydrogen-bond donors (Lipinski definition) is 2. The van der Waals surface area contributed by atoms with Gasteiger partial charge in [-0.15, -0.1) is 5.69 Å². The van der Waals surface area contributed by atoms with Crippen LogP contribution in [0.3, 0.4) is 0 Å². The molecule has 1 aromatic heterocycles. The Morgan fingerprint density at radius 3 is 2.47 bits per heavy atom. The van der Waals surface area contributed by atoms with Gasteiger partial charge in [-0.3, -0.25) is 4.79 Å². The van der Waals surface area contributed by atoms with E-state index in [0.29, 0.717) is 11.4 Å². The minimum atomic E-state index is -0.665. The fraction of sp³-hybridized carbons (Fsp3) is 0. The van der Waals surface area contributed by atoms with E-state index in [-0.39, 0.29) is 108 Å². The van der Waals surface area contributed by atoms with Gasteiger partial charge in [-0.2, -0.15) is 0 Å². The molecule has 6 nitrogen and oxygen atoms in total. The molecule has 2 radical (unpaired) electrons. The predicted molar refractivity (Wildman–Crippen MR) is 73.8 cm³/mol. The molecule has 0 saturated heterocycles. The smallest absolute Gasteiger partial charge is 0.273 e. The van der Waals surface area contributed by atoms with E-state index in [2.05, 4.69) is 19.5 Å². The van der Waals surface area contributed by atoms with Crippen LogP contribution in [0.25, 0.3) is 5.73 Å². The normalized spacial score (nSPS) is 9.11. The number of benzene rings is 1. The number of aromatic nitrogens is 1. The van der Waals surface area contributed by atoms with Gasteiger partial charge >= 0.3 is 0 Å². The van der Waals surface area contributed by atoms with E-state index < -0.39 is 5.91 Å². The van der Waals surface area contributed by atoms with Crippen molar-refractivity contribution in [3.8, 4) is 0 Å². The van der Waals surface area contributed by atoms with Crippen LogP contribution in [0.5, 0.6) is 0 Å². The SMILES string of the molecule is [NH-]c1ccc(Nc2oc(P)nc2C(N)=O)cc1.[Rb].[Y]. The number of anilines is 2. The van der Waals surface area contributed by atoms with E-state index in [0.717, 1.165) is 0 Å². The predicted octanol–water partition coefficient (Wildman–Crippen LogP) is 1.32. The van der Waals surface area contributed by atoms with Crippen LogP contribution in [0.15, 0.2) is 28.7 Å². The summed E-state index contributed by atoms with van der Waals surface area (Å²) >= 11 is 0. The minimum absolute atomic E-state index is 0. The second kappa shape index (κ2) is 8.98. The fourth-order valence-corrected chi connectivity index (χ4v) is 1.52. The summed E-state index contributed by atoms with van der Waals surface area (Å²) in [4.78, 5) is 14.9. The van der Waals surface area contributed by atoms with Gasteiger partial charge in [0.15, 0.2) is 5.69 Å². The Hall–Kier alpha value is 0.839. The van der Waals surface area contributed by atoms with Gasteiger partial charge in [0, 0.05) is 96.6 Å². The summed E-state index contributed by atoms with van der Waals surface area (Å²) < 4.78 is 5.20. The molecular formula is C10H10N4O2PRbY-. The number of oxazole rings is 1. The first-order valence-corrected chi connectivity index (χ1v) is 5.29. The van der Waals surface area contributed by atoms with Crippen LogP contribution >= 0.6 is 9.24 Å². The molecule has 1 aromatic carbocycles. The average molecular weight is 424 g/mol. The Morgan fingerprint density at radius 1 is 1.37 bits per heavy atom. The van der Waals surface area contributed by atoms with Crippen molar-refractivity contribution >= 4 is 96.2 Å². The zero-order chi connectivity index (χ0) is 12.4. The maximum absolute atomic E-state index is 11.1. The van der Waals surface area contributed by atoms with Gasteiger partial charge in [-0.25, -0.2) is 4.98 Å². The standard InChI is InChI=1S/C10H10N4O2P.Rb.Y/c11-5-1-3-6(4-2-5)13-9-7(8(12)15)14-10(17)16-9;;/h1-4,11H,17H2,(H3,12,13,15);;/q-1;;. The molecule has 0 aliphatic heterocycles.